The second-order valence-corrected chi connectivity index (χ2v) is 6.45. The molecule has 1 aliphatic rings. The summed E-state index contributed by atoms with van der Waals surface area (Å²) in [6, 6.07) is 7.97. The van der Waals surface area contributed by atoms with Crippen LogP contribution in [0.3, 0.4) is 0 Å². The predicted octanol–water partition coefficient (Wildman–Crippen LogP) is 2.06. The third-order valence-electron chi connectivity index (χ3n) is 3.41. The molecule has 3 unspecified atom stereocenters. The van der Waals surface area contributed by atoms with E-state index >= 15 is 0 Å². The minimum atomic E-state index is -0.933. The fraction of sp³-hybridized carbons (Fsp3) is 0.312. The molecule has 1 aromatic rings. The molecule has 0 radical (unpaired) electrons. The summed E-state index contributed by atoms with van der Waals surface area (Å²) in [5.74, 6) is 0. The first-order chi connectivity index (χ1) is 9.97. The van der Waals surface area contributed by atoms with Crippen molar-refractivity contribution in [3.05, 3.63) is 48.1 Å². The van der Waals surface area contributed by atoms with Crippen molar-refractivity contribution in [2.24, 2.45) is 10.7 Å². The van der Waals surface area contributed by atoms with Gasteiger partial charge in [0.25, 0.3) is 0 Å². The number of rotatable bonds is 4. The number of hydrogen-bond donors (Lipinski definition) is 2. The summed E-state index contributed by atoms with van der Waals surface area (Å²) < 4.78 is 11.4. The zero-order valence-electron chi connectivity index (χ0n) is 12.5. The Morgan fingerprint density at radius 2 is 2.05 bits per heavy atom. The number of allylic oxidation sites excluding steroid dienone is 3. The van der Waals surface area contributed by atoms with Gasteiger partial charge in [0.1, 0.15) is 6.26 Å². The van der Waals surface area contributed by atoms with E-state index in [4.69, 9.17) is 5.73 Å². The van der Waals surface area contributed by atoms with Crippen LogP contribution < -0.4 is 11.1 Å². The van der Waals surface area contributed by atoms with Crippen molar-refractivity contribution in [1.82, 2.24) is 5.32 Å². The Bertz CT molecular complexity index is 576. The monoisotopic (exact) mass is 303 g/mol. The summed E-state index contributed by atoms with van der Waals surface area (Å²) in [6.07, 6.45) is 7.38. The Morgan fingerprint density at radius 1 is 1.38 bits per heavy atom. The highest BCUT2D eigenvalue weighted by Gasteiger charge is 2.17. The molecule has 1 heterocycles. The number of nitrogens with two attached hydrogens (primary N) is 1. The second kappa shape index (κ2) is 7.04. The highest BCUT2D eigenvalue weighted by atomic mass is 32.2. The van der Waals surface area contributed by atoms with Crippen LogP contribution in [0.2, 0.25) is 0 Å². The lowest BCUT2D eigenvalue weighted by atomic mass is 10.1. The average Bonchev–Trinajstić information content (AvgIpc) is 2.77. The van der Waals surface area contributed by atoms with Crippen LogP contribution in [0.25, 0.3) is 5.57 Å². The van der Waals surface area contributed by atoms with Crippen LogP contribution in [0, 0.1) is 0 Å². The van der Waals surface area contributed by atoms with Crippen LogP contribution in [0.5, 0.6) is 0 Å². The first-order valence-electron chi connectivity index (χ1n) is 6.85. The quantitative estimate of drug-likeness (QED) is 0.660. The predicted molar refractivity (Wildman–Crippen MR) is 89.6 cm³/mol. The fourth-order valence-corrected chi connectivity index (χ4v) is 2.65. The van der Waals surface area contributed by atoms with Gasteiger partial charge in [0, 0.05) is 6.04 Å². The molecular weight excluding hydrogens is 282 g/mol. The molecule has 0 amide bonds. The molecule has 0 spiro atoms. The topological polar surface area (TPSA) is 73.5 Å². The summed E-state index contributed by atoms with van der Waals surface area (Å²) in [4.78, 5) is 5.15. The standard InChI is InChI=1S/C16H21N3OS/c1-11(13-7-9-14(10-8-13)21(3)20)5-4-6-15-12(2)18-16(17)19-15/h4-10,12,16,18H,17H2,1-3H3/b6-4-,11-5+. The van der Waals surface area contributed by atoms with Crippen LogP contribution >= 0.6 is 0 Å². The van der Waals surface area contributed by atoms with E-state index < -0.39 is 11.2 Å². The van der Waals surface area contributed by atoms with Gasteiger partial charge in [-0.05, 0) is 66.5 Å². The van der Waals surface area contributed by atoms with Gasteiger partial charge in [0.15, 0.2) is 11.2 Å². The first kappa shape index (κ1) is 16.0. The lowest BCUT2D eigenvalue weighted by molar-refractivity contribution is 0.573. The normalized spacial score (nSPS) is 24.4. The summed E-state index contributed by atoms with van der Waals surface area (Å²) in [6.45, 7) is 4.09. The van der Waals surface area contributed by atoms with Gasteiger partial charge in [-0.3, -0.25) is 16.0 Å². The number of benzene rings is 1. The highest BCUT2D eigenvalue weighted by molar-refractivity contribution is 7.90. The van der Waals surface area contributed by atoms with Gasteiger partial charge >= 0.3 is 0 Å². The van der Waals surface area contributed by atoms with Crippen LogP contribution in [0.15, 0.2) is 52.4 Å². The number of aliphatic imine (C=N–C) groups is 1. The van der Waals surface area contributed by atoms with Gasteiger partial charge in [-0.2, -0.15) is 0 Å². The van der Waals surface area contributed by atoms with Crippen molar-refractivity contribution >= 4 is 22.5 Å². The van der Waals surface area contributed by atoms with E-state index in [9.17, 15) is 4.55 Å². The molecule has 0 bridgehead atoms. The third kappa shape index (κ3) is 4.28. The lowest BCUT2D eigenvalue weighted by Gasteiger charge is -2.05. The van der Waals surface area contributed by atoms with Gasteiger partial charge in [-0.15, -0.1) is 0 Å². The maximum atomic E-state index is 11.4. The molecule has 0 fully saturated rings. The van der Waals surface area contributed by atoms with Crippen LogP contribution in [-0.2, 0) is 11.2 Å². The van der Waals surface area contributed by atoms with E-state index in [-0.39, 0.29) is 12.3 Å². The van der Waals surface area contributed by atoms with E-state index in [2.05, 4.69) is 10.3 Å². The zero-order valence-corrected chi connectivity index (χ0v) is 13.4. The maximum Gasteiger partial charge on any atom is 0.152 e. The molecule has 3 N–H and O–H groups in total. The Kier molecular flexibility index (Phi) is 5.36. The Hall–Kier alpha value is -1.40. The molecule has 0 saturated heterocycles. The maximum absolute atomic E-state index is 11.4. The van der Waals surface area contributed by atoms with Gasteiger partial charge in [0.05, 0.1) is 5.71 Å². The van der Waals surface area contributed by atoms with Gasteiger partial charge in [-0.1, -0.05) is 12.2 Å². The van der Waals surface area contributed by atoms with Gasteiger partial charge in [0.2, 0.25) is 0 Å². The molecule has 1 aromatic carbocycles. The Balaban J connectivity index is 2.05. The minimum absolute atomic E-state index is 0.184. The SMILES string of the molecule is C/C(=C\C=C/C1=NC(N)NC1C)c1ccc([S+](C)[O-])cc1. The van der Waals surface area contributed by atoms with E-state index in [0.29, 0.717) is 0 Å². The molecule has 0 aliphatic carbocycles. The lowest BCUT2D eigenvalue weighted by Crippen LogP contribution is -2.36. The highest BCUT2D eigenvalue weighted by Crippen LogP contribution is 2.17. The average molecular weight is 303 g/mol. The van der Waals surface area contributed by atoms with Crippen molar-refractivity contribution in [1.29, 1.82) is 0 Å². The molecule has 21 heavy (non-hydrogen) atoms. The Morgan fingerprint density at radius 3 is 2.57 bits per heavy atom. The van der Waals surface area contributed by atoms with Crippen molar-refractivity contribution in [2.45, 2.75) is 31.1 Å². The third-order valence-corrected chi connectivity index (χ3v) is 4.34. The fourth-order valence-electron chi connectivity index (χ4n) is 2.14. The van der Waals surface area contributed by atoms with Crippen LogP contribution in [-0.4, -0.2) is 28.9 Å². The molecule has 5 heteroatoms. The molecule has 2 rings (SSSR count). The van der Waals surface area contributed by atoms with Crippen molar-refractivity contribution in [3.8, 4) is 0 Å². The van der Waals surface area contributed by atoms with E-state index in [0.717, 1.165) is 21.7 Å². The molecular formula is C16H21N3OS. The van der Waals surface area contributed by atoms with Crippen molar-refractivity contribution in [2.75, 3.05) is 6.26 Å². The van der Waals surface area contributed by atoms with E-state index in [1.165, 1.54) is 0 Å². The molecule has 0 saturated carbocycles. The van der Waals surface area contributed by atoms with Crippen LogP contribution in [0.4, 0.5) is 0 Å². The summed E-state index contributed by atoms with van der Waals surface area (Å²) >= 11 is -0.933. The van der Waals surface area contributed by atoms with Gasteiger partial charge in [-0.25, -0.2) is 0 Å². The van der Waals surface area contributed by atoms with Crippen molar-refractivity contribution in [3.63, 3.8) is 0 Å². The van der Waals surface area contributed by atoms with Gasteiger partial charge < -0.3 is 4.55 Å². The summed E-state index contributed by atoms with van der Waals surface area (Å²) in [5.41, 5.74) is 8.92. The molecule has 112 valence electrons. The van der Waals surface area contributed by atoms with Crippen LogP contribution in [0.1, 0.15) is 19.4 Å². The second-order valence-electron chi connectivity index (χ2n) is 5.07. The number of hydrogen-bond acceptors (Lipinski definition) is 4. The van der Waals surface area contributed by atoms with E-state index in [1.807, 2.05) is 56.3 Å². The number of nitrogens with zero attached hydrogens (tertiary/aromatic N) is 1. The smallest absolute Gasteiger partial charge is 0.152 e. The first-order valence-corrected chi connectivity index (χ1v) is 8.41. The largest absolute Gasteiger partial charge is 0.612 e. The number of nitrogens with one attached hydrogen (secondary N) is 1. The summed E-state index contributed by atoms with van der Waals surface area (Å²) in [5, 5.41) is 3.13. The zero-order chi connectivity index (χ0) is 15.4. The molecule has 1 aliphatic heterocycles. The minimum Gasteiger partial charge on any atom is -0.612 e. The Labute approximate surface area is 129 Å². The van der Waals surface area contributed by atoms with Crippen molar-refractivity contribution < 1.29 is 4.55 Å². The summed E-state index contributed by atoms with van der Waals surface area (Å²) in [7, 11) is 0. The molecule has 4 nitrogen and oxygen atoms in total. The molecule has 3 atom stereocenters. The van der Waals surface area contributed by atoms with E-state index in [1.54, 1.807) is 6.26 Å². The molecule has 0 aromatic heterocycles.